The van der Waals surface area contributed by atoms with Gasteiger partial charge >= 0.3 is 6.18 Å². The summed E-state index contributed by atoms with van der Waals surface area (Å²) in [5.74, 6) is -0.644. The van der Waals surface area contributed by atoms with Crippen LogP contribution >= 0.6 is 0 Å². The summed E-state index contributed by atoms with van der Waals surface area (Å²) in [5.41, 5.74) is 0.310. The molecular formula is C15H10F4N2. The molecule has 0 aliphatic rings. The number of benzene rings is 2. The summed E-state index contributed by atoms with van der Waals surface area (Å²) in [6, 6.07) is 10.5. The Morgan fingerprint density at radius 3 is 2.24 bits per heavy atom. The lowest BCUT2D eigenvalue weighted by Crippen LogP contribution is -2.05. The maximum Gasteiger partial charge on any atom is 0.416 e. The van der Waals surface area contributed by atoms with Gasteiger partial charge in [-0.15, -0.1) is 0 Å². The van der Waals surface area contributed by atoms with Gasteiger partial charge in [0.25, 0.3) is 0 Å². The summed E-state index contributed by atoms with van der Waals surface area (Å²) in [7, 11) is 0. The van der Waals surface area contributed by atoms with Gasteiger partial charge in [-0.1, -0.05) is 12.1 Å². The van der Waals surface area contributed by atoms with Crippen LogP contribution in [0, 0.1) is 17.1 Å². The molecule has 0 atom stereocenters. The van der Waals surface area contributed by atoms with E-state index in [1.807, 2.05) is 0 Å². The van der Waals surface area contributed by atoms with Gasteiger partial charge in [-0.25, -0.2) is 4.39 Å². The van der Waals surface area contributed by atoms with Gasteiger partial charge in [0.1, 0.15) is 11.9 Å². The zero-order chi connectivity index (χ0) is 15.5. The predicted molar refractivity (Wildman–Crippen MR) is 69.9 cm³/mol. The summed E-state index contributed by atoms with van der Waals surface area (Å²) < 4.78 is 50.6. The molecule has 6 heteroatoms. The number of halogens is 4. The number of nitriles is 1. The Labute approximate surface area is 118 Å². The minimum absolute atomic E-state index is 0.0601. The summed E-state index contributed by atoms with van der Waals surface area (Å²) in [6.07, 6.45) is -4.36. The lowest BCUT2D eigenvalue weighted by atomic mass is 10.1. The molecule has 2 aromatic carbocycles. The molecule has 1 N–H and O–H groups in total. The molecule has 108 valence electrons. The third-order valence-corrected chi connectivity index (χ3v) is 2.87. The average molecular weight is 294 g/mol. The van der Waals surface area contributed by atoms with Gasteiger partial charge in [0.15, 0.2) is 0 Å². The van der Waals surface area contributed by atoms with E-state index in [9.17, 15) is 17.6 Å². The van der Waals surface area contributed by atoms with Crippen LogP contribution in [0.4, 0.5) is 23.2 Å². The van der Waals surface area contributed by atoms with Crippen LogP contribution in [-0.2, 0) is 12.7 Å². The number of anilines is 1. The minimum atomic E-state index is -4.36. The third kappa shape index (κ3) is 3.72. The summed E-state index contributed by atoms with van der Waals surface area (Å²) in [5, 5.41) is 11.5. The molecule has 0 aliphatic carbocycles. The molecule has 0 aliphatic heterocycles. The van der Waals surface area contributed by atoms with Crippen molar-refractivity contribution in [1.82, 2.24) is 0 Å². The first-order valence-electron chi connectivity index (χ1n) is 6.00. The maximum atomic E-state index is 13.4. The smallest absolute Gasteiger partial charge is 0.381 e. The highest BCUT2D eigenvalue weighted by Gasteiger charge is 2.29. The lowest BCUT2D eigenvalue weighted by molar-refractivity contribution is -0.137. The first-order chi connectivity index (χ1) is 9.90. The second kappa shape index (κ2) is 5.83. The van der Waals surface area contributed by atoms with Crippen LogP contribution in [0.2, 0.25) is 0 Å². The number of rotatable bonds is 3. The third-order valence-electron chi connectivity index (χ3n) is 2.87. The van der Waals surface area contributed by atoms with Gasteiger partial charge in [0.2, 0.25) is 0 Å². The van der Waals surface area contributed by atoms with E-state index in [-0.39, 0.29) is 12.1 Å². The van der Waals surface area contributed by atoms with Crippen molar-refractivity contribution in [1.29, 1.82) is 5.26 Å². The average Bonchev–Trinajstić information content (AvgIpc) is 2.45. The topological polar surface area (TPSA) is 35.8 Å². The molecule has 0 unspecified atom stereocenters. The van der Waals surface area contributed by atoms with Crippen molar-refractivity contribution in [2.24, 2.45) is 0 Å². The quantitative estimate of drug-likeness (QED) is 0.855. The lowest BCUT2D eigenvalue weighted by Gasteiger charge is -2.09. The van der Waals surface area contributed by atoms with Crippen molar-refractivity contribution in [2.45, 2.75) is 12.7 Å². The Kier molecular flexibility index (Phi) is 4.13. The monoisotopic (exact) mass is 294 g/mol. The van der Waals surface area contributed by atoms with Crippen LogP contribution in [0.1, 0.15) is 16.7 Å². The predicted octanol–water partition coefficient (Wildman–Crippen LogP) is 4.33. The van der Waals surface area contributed by atoms with Crippen molar-refractivity contribution < 1.29 is 17.6 Å². The molecule has 0 aromatic heterocycles. The SMILES string of the molecule is N#Cc1ccc(NCc2ccc(C(F)(F)F)cc2)cc1F. The molecule has 0 saturated heterocycles. The highest BCUT2D eigenvalue weighted by atomic mass is 19.4. The van der Waals surface area contributed by atoms with Crippen LogP contribution < -0.4 is 5.32 Å². The van der Waals surface area contributed by atoms with E-state index in [2.05, 4.69) is 5.32 Å². The van der Waals surface area contributed by atoms with Crippen LogP contribution in [0.15, 0.2) is 42.5 Å². The first-order valence-corrected chi connectivity index (χ1v) is 6.00. The molecule has 0 saturated carbocycles. The fourth-order valence-electron chi connectivity index (χ4n) is 1.73. The normalized spacial score (nSPS) is 11.0. The number of hydrogen-bond acceptors (Lipinski definition) is 2. The molecule has 0 heterocycles. The molecule has 0 amide bonds. The minimum Gasteiger partial charge on any atom is -0.381 e. The number of alkyl halides is 3. The van der Waals surface area contributed by atoms with Crippen molar-refractivity contribution in [3.8, 4) is 6.07 Å². The van der Waals surface area contributed by atoms with Gasteiger partial charge in [0.05, 0.1) is 11.1 Å². The van der Waals surface area contributed by atoms with Gasteiger partial charge in [-0.05, 0) is 35.9 Å². The number of nitrogens with one attached hydrogen (secondary N) is 1. The molecule has 0 spiro atoms. The maximum absolute atomic E-state index is 13.4. The van der Waals surface area contributed by atoms with E-state index in [0.717, 1.165) is 12.1 Å². The van der Waals surface area contributed by atoms with E-state index in [1.165, 1.54) is 30.3 Å². The summed E-state index contributed by atoms with van der Waals surface area (Å²) >= 11 is 0. The fraction of sp³-hybridized carbons (Fsp3) is 0.133. The fourth-order valence-corrected chi connectivity index (χ4v) is 1.73. The Morgan fingerprint density at radius 1 is 1.05 bits per heavy atom. The van der Waals surface area contributed by atoms with Crippen LogP contribution in [0.5, 0.6) is 0 Å². The molecule has 21 heavy (non-hydrogen) atoms. The molecule has 2 nitrogen and oxygen atoms in total. The van der Waals surface area contributed by atoms with Gasteiger partial charge in [-0.2, -0.15) is 18.4 Å². The van der Waals surface area contributed by atoms with Gasteiger partial charge in [0, 0.05) is 12.2 Å². The summed E-state index contributed by atoms with van der Waals surface area (Å²) in [6.45, 7) is 0.253. The summed E-state index contributed by atoms with van der Waals surface area (Å²) in [4.78, 5) is 0. The van der Waals surface area contributed by atoms with E-state index in [1.54, 1.807) is 6.07 Å². The molecule has 0 bridgehead atoms. The molecule has 2 aromatic rings. The Balaban J connectivity index is 2.03. The highest BCUT2D eigenvalue weighted by Crippen LogP contribution is 2.29. The van der Waals surface area contributed by atoms with E-state index in [0.29, 0.717) is 11.3 Å². The molecule has 0 radical (unpaired) electrons. The molecular weight excluding hydrogens is 284 g/mol. The number of nitrogens with zero attached hydrogens (tertiary/aromatic N) is 1. The standard InChI is InChI=1S/C15H10F4N2/c16-14-7-13(6-3-11(14)8-20)21-9-10-1-4-12(5-2-10)15(17,18)19/h1-7,21H,9H2. The van der Waals surface area contributed by atoms with E-state index in [4.69, 9.17) is 5.26 Å². The van der Waals surface area contributed by atoms with Crippen LogP contribution in [0.3, 0.4) is 0 Å². The Morgan fingerprint density at radius 2 is 1.71 bits per heavy atom. The van der Waals surface area contributed by atoms with Gasteiger partial charge in [-0.3, -0.25) is 0 Å². The van der Waals surface area contributed by atoms with E-state index >= 15 is 0 Å². The highest BCUT2D eigenvalue weighted by molar-refractivity contribution is 5.48. The van der Waals surface area contributed by atoms with Crippen molar-refractivity contribution >= 4 is 5.69 Å². The zero-order valence-corrected chi connectivity index (χ0v) is 10.7. The second-order valence-corrected chi connectivity index (χ2v) is 4.35. The first kappa shape index (κ1) is 14.9. The van der Waals surface area contributed by atoms with Crippen molar-refractivity contribution in [2.75, 3.05) is 5.32 Å². The Hall–Kier alpha value is -2.55. The van der Waals surface area contributed by atoms with E-state index < -0.39 is 17.6 Å². The largest absolute Gasteiger partial charge is 0.416 e. The van der Waals surface area contributed by atoms with Crippen LogP contribution in [0.25, 0.3) is 0 Å². The Bertz CT molecular complexity index is 670. The zero-order valence-electron chi connectivity index (χ0n) is 10.7. The number of hydrogen-bond donors (Lipinski definition) is 1. The molecule has 0 fully saturated rings. The van der Waals surface area contributed by atoms with Crippen molar-refractivity contribution in [3.63, 3.8) is 0 Å². The van der Waals surface area contributed by atoms with Crippen LogP contribution in [-0.4, -0.2) is 0 Å². The van der Waals surface area contributed by atoms with Crippen molar-refractivity contribution in [3.05, 3.63) is 65.0 Å². The molecule has 2 rings (SSSR count). The van der Waals surface area contributed by atoms with Gasteiger partial charge < -0.3 is 5.32 Å². The second-order valence-electron chi connectivity index (χ2n) is 4.35.